The predicted octanol–water partition coefficient (Wildman–Crippen LogP) is 6.21. The average Bonchev–Trinajstić information content (AvgIpc) is 3.45. The molecule has 174 valence electrons. The number of carbonyl (C=O) groups excluding carboxylic acids is 1. The first-order chi connectivity index (χ1) is 16.4. The van der Waals surface area contributed by atoms with Crippen LogP contribution < -0.4 is 0 Å². The highest BCUT2D eigenvalue weighted by Gasteiger charge is 2.66. The SMILES string of the molecule is CC(C)(C)OC(=O)N1[C@@H]2c3ccccc3[C@H]1[C@H]1[C@@H]2ON(Cc2ccccc2)[C@@H]1c1ccccc1. The maximum atomic E-state index is 13.5. The number of hydrogen-bond donors (Lipinski definition) is 0. The molecule has 3 aliphatic heterocycles. The molecule has 3 aromatic rings. The van der Waals surface area contributed by atoms with Crippen molar-refractivity contribution in [2.45, 2.75) is 57.1 Å². The molecule has 5 atom stereocenters. The Morgan fingerprint density at radius 3 is 2.06 bits per heavy atom. The van der Waals surface area contributed by atoms with Crippen LogP contribution in [0.4, 0.5) is 4.79 Å². The van der Waals surface area contributed by atoms with Crippen molar-refractivity contribution in [3.63, 3.8) is 0 Å². The summed E-state index contributed by atoms with van der Waals surface area (Å²) < 4.78 is 5.88. The fourth-order valence-corrected chi connectivity index (χ4v) is 6.01. The number of hydrogen-bond acceptors (Lipinski definition) is 4. The highest BCUT2D eigenvalue weighted by atomic mass is 16.7. The molecule has 0 spiro atoms. The van der Waals surface area contributed by atoms with Gasteiger partial charge in [0.2, 0.25) is 0 Å². The van der Waals surface area contributed by atoms with Crippen LogP contribution >= 0.6 is 0 Å². The highest BCUT2D eigenvalue weighted by Crippen LogP contribution is 2.64. The van der Waals surface area contributed by atoms with E-state index < -0.39 is 5.60 Å². The Hall–Kier alpha value is -3.15. The van der Waals surface area contributed by atoms with Crippen molar-refractivity contribution >= 4 is 6.09 Å². The molecule has 0 unspecified atom stereocenters. The van der Waals surface area contributed by atoms with Gasteiger partial charge < -0.3 is 4.74 Å². The van der Waals surface area contributed by atoms with Crippen molar-refractivity contribution in [2.24, 2.45) is 5.92 Å². The first kappa shape index (κ1) is 21.4. The van der Waals surface area contributed by atoms with E-state index in [4.69, 9.17) is 9.57 Å². The monoisotopic (exact) mass is 454 g/mol. The van der Waals surface area contributed by atoms with Crippen LogP contribution in [0.1, 0.15) is 61.2 Å². The molecule has 0 radical (unpaired) electrons. The molecule has 2 saturated heterocycles. The summed E-state index contributed by atoms with van der Waals surface area (Å²) >= 11 is 0. The topological polar surface area (TPSA) is 42.0 Å². The largest absolute Gasteiger partial charge is 0.444 e. The van der Waals surface area contributed by atoms with Gasteiger partial charge in [-0.15, -0.1) is 0 Å². The van der Waals surface area contributed by atoms with Crippen molar-refractivity contribution in [1.29, 1.82) is 0 Å². The van der Waals surface area contributed by atoms with Gasteiger partial charge in [-0.3, -0.25) is 9.74 Å². The minimum atomic E-state index is -0.556. The summed E-state index contributed by atoms with van der Waals surface area (Å²) in [6.07, 6.45) is -0.389. The van der Waals surface area contributed by atoms with Crippen molar-refractivity contribution < 1.29 is 14.4 Å². The zero-order valence-electron chi connectivity index (χ0n) is 19.8. The van der Waals surface area contributed by atoms with E-state index in [0.29, 0.717) is 6.54 Å². The number of fused-ring (bicyclic) bond motifs is 8. The van der Waals surface area contributed by atoms with E-state index in [-0.39, 0.29) is 36.2 Å². The van der Waals surface area contributed by atoms with Crippen molar-refractivity contribution in [3.8, 4) is 0 Å². The van der Waals surface area contributed by atoms with Crippen LogP contribution in [-0.2, 0) is 16.1 Å². The quantitative estimate of drug-likeness (QED) is 0.472. The number of amides is 1. The van der Waals surface area contributed by atoms with Crippen molar-refractivity contribution in [1.82, 2.24) is 9.96 Å². The van der Waals surface area contributed by atoms with E-state index in [1.807, 2.05) is 43.9 Å². The number of nitrogens with zero attached hydrogens (tertiary/aromatic N) is 2. The summed E-state index contributed by atoms with van der Waals surface area (Å²) in [4.78, 5) is 22.2. The van der Waals surface area contributed by atoms with Gasteiger partial charge in [0.05, 0.1) is 18.1 Å². The molecule has 0 aliphatic carbocycles. The zero-order chi connectivity index (χ0) is 23.4. The van der Waals surface area contributed by atoms with Gasteiger partial charge in [0.15, 0.2) is 0 Å². The van der Waals surface area contributed by atoms with E-state index in [9.17, 15) is 4.79 Å². The number of ether oxygens (including phenoxy) is 1. The second-order valence-corrected chi connectivity index (χ2v) is 10.5. The lowest BCUT2D eigenvalue weighted by molar-refractivity contribution is -0.182. The van der Waals surface area contributed by atoms with Gasteiger partial charge in [-0.05, 0) is 43.0 Å². The van der Waals surface area contributed by atoms with Gasteiger partial charge >= 0.3 is 6.09 Å². The van der Waals surface area contributed by atoms with Crippen LogP contribution in [0.15, 0.2) is 84.9 Å². The molecule has 0 saturated carbocycles. The van der Waals surface area contributed by atoms with E-state index in [1.54, 1.807) is 0 Å². The zero-order valence-corrected chi connectivity index (χ0v) is 19.8. The van der Waals surface area contributed by atoms with Gasteiger partial charge in [0.25, 0.3) is 0 Å². The lowest BCUT2D eigenvalue weighted by atomic mass is 9.77. The third kappa shape index (κ3) is 3.42. The molecular formula is C29H30N2O3. The van der Waals surface area contributed by atoms with Crippen LogP contribution in [0.3, 0.4) is 0 Å². The molecule has 2 bridgehead atoms. The highest BCUT2D eigenvalue weighted by molar-refractivity contribution is 5.73. The molecule has 5 nitrogen and oxygen atoms in total. The summed E-state index contributed by atoms with van der Waals surface area (Å²) in [5, 5.41) is 2.14. The first-order valence-corrected chi connectivity index (χ1v) is 12.0. The maximum Gasteiger partial charge on any atom is 0.411 e. The van der Waals surface area contributed by atoms with E-state index >= 15 is 0 Å². The molecule has 3 aliphatic rings. The summed E-state index contributed by atoms with van der Waals surface area (Å²) in [6, 6.07) is 29.2. The molecule has 2 fully saturated rings. The normalized spacial score (nSPS) is 27.5. The number of carbonyl (C=O) groups is 1. The molecule has 3 aromatic carbocycles. The lowest BCUT2D eigenvalue weighted by Crippen LogP contribution is -2.38. The standard InChI is InChI=1S/C29H30N2O3/c1-29(2,3)33-28(32)31-25-21-16-10-11-17-22(21)26(31)27-23(25)24(20-14-8-5-9-15-20)30(34-27)18-19-12-6-4-7-13-19/h4-17,23-27H,18H2,1-3H3/t23-,24+,25-,26+,27-/m0/s1. The van der Waals surface area contributed by atoms with E-state index in [1.165, 1.54) is 22.3 Å². The Kier molecular flexibility index (Phi) is 5.01. The Morgan fingerprint density at radius 1 is 0.824 bits per heavy atom. The fraction of sp³-hybridized carbons (Fsp3) is 0.345. The Morgan fingerprint density at radius 2 is 1.41 bits per heavy atom. The van der Waals surface area contributed by atoms with Gasteiger partial charge in [-0.1, -0.05) is 84.9 Å². The lowest BCUT2D eigenvalue weighted by Gasteiger charge is -2.33. The first-order valence-electron chi connectivity index (χ1n) is 12.0. The second kappa shape index (κ2) is 7.97. The molecule has 34 heavy (non-hydrogen) atoms. The van der Waals surface area contributed by atoms with Gasteiger partial charge in [0.1, 0.15) is 11.7 Å². The maximum absolute atomic E-state index is 13.5. The predicted molar refractivity (Wildman–Crippen MR) is 130 cm³/mol. The van der Waals surface area contributed by atoms with E-state index in [2.05, 4.69) is 71.8 Å². The Labute approximate surface area is 200 Å². The molecular weight excluding hydrogens is 424 g/mol. The Bertz CT molecular complexity index is 1190. The Balaban J connectivity index is 1.43. The minimum absolute atomic E-state index is 0.0275. The van der Waals surface area contributed by atoms with Crippen LogP contribution in [0.5, 0.6) is 0 Å². The van der Waals surface area contributed by atoms with Gasteiger partial charge in [0, 0.05) is 12.5 Å². The van der Waals surface area contributed by atoms with Crippen molar-refractivity contribution in [3.05, 3.63) is 107 Å². The average molecular weight is 455 g/mol. The minimum Gasteiger partial charge on any atom is -0.444 e. The smallest absolute Gasteiger partial charge is 0.411 e. The molecule has 0 N–H and O–H groups in total. The van der Waals surface area contributed by atoms with Crippen molar-refractivity contribution in [2.75, 3.05) is 0 Å². The van der Waals surface area contributed by atoms with Crippen LogP contribution in [0, 0.1) is 5.92 Å². The molecule has 1 amide bonds. The third-order valence-electron chi connectivity index (χ3n) is 7.15. The second-order valence-electron chi connectivity index (χ2n) is 10.5. The molecule has 5 heteroatoms. The number of hydroxylamine groups is 2. The summed E-state index contributed by atoms with van der Waals surface area (Å²) in [5.41, 5.74) is 4.25. The summed E-state index contributed by atoms with van der Waals surface area (Å²) in [7, 11) is 0. The molecule has 3 heterocycles. The van der Waals surface area contributed by atoms with Crippen LogP contribution in [0.2, 0.25) is 0 Å². The fourth-order valence-electron chi connectivity index (χ4n) is 6.01. The van der Waals surface area contributed by atoms with E-state index in [0.717, 1.165) is 0 Å². The van der Waals surface area contributed by atoms with Gasteiger partial charge in [-0.2, -0.15) is 5.06 Å². The van der Waals surface area contributed by atoms with Crippen LogP contribution in [-0.4, -0.2) is 27.8 Å². The summed E-state index contributed by atoms with van der Waals surface area (Å²) in [6.45, 7) is 6.45. The number of benzene rings is 3. The van der Waals surface area contributed by atoms with Crippen LogP contribution in [0.25, 0.3) is 0 Å². The molecule has 6 rings (SSSR count). The summed E-state index contributed by atoms with van der Waals surface area (Å²) in [5.74, 6) is 0.110. The van der Waals surface area contributed by atoms with Gasteiger partial charge in [-0.25, -0.2) is 4.79 Å². The number of rotatable bonds is 3. The third-order valence-corrected chi connectivity index (χ3v) is 7.15. The molecule has 0 aromatic heterocycles.